The van der Waals surface area contributed by atoms with Crippen molar-refractivity contribution in [3.8, 4) is 28.0 Å². The molecule has 8 aromatic rings. The van der Waals surface area contributed by atoms with Crippen LogP contribution in [0.25, 0.3) is 39.0 Å². The van der Waals surface area contributed by atoms with Crippen LogP contribution in [-0.4, -0.2) is 0 Å². The molecule has 0 fully saturated rings. The molecular weight excluding hydrogens is 765 g/mol. The van der Waals surface area contributed by atoms with Crippen molar-refractivity contribution in [1.82, 2.24) is 0 Å². The van der Waals surface area contributed by atoms with Gasteiger partial charge in [-0.25, -0.2) is 0 Å². The maximum absolute atomic E-state index is 6.25. The third-order valence-electron chi connectivity index (χ3n) is 11.7. The minimum atomic E-state index is 0.775. The van der Waals surface area contributed by atoms with Gasteiger partial charge in [0.2, 0.25) is 0 Å². The number of fused-ring (bicyclic) bond motifs is 1. The highest BCUT2D eigenvalue weighted by atomic mass is 16.5. The molecule has 2 aliphatic rings. The van der Waals surface area contributed by atoms with E-state index in [1.807, 2.05) is 18.2 Å². The van der Waals surface area contributed by atoms with Gasteiger partial charge < -0.3 is 14.5 Å². The van der Waals surface area contributed by atoms with E-state index in [9.17, 15) is 0 Å². The van der Waals surface area contributed by atoms with E-state index in [0.717, 1.165) is 86.1 Å². The molecule has 0 amide bonds. The average molecular weight is 811 g/mol. The normalized spacial score (nSPS) is 14.5. The summed E-state index contributed by atoms with van der Waals surface area (Å²) >= 11 is 0. The second-order valence-electron chi connectivity index (χ2n) is 15.8. The fraction of sp³-hybridized carbons (Fsp3) is 0.0333. The molecule has 302 valence electrons. The third kappa shape index (κ3) is 8.46. The van der Waals surface area contributed by atoms with Crippen LogP contribution >= 0.6 is 0 Å². The van der Waals surface area contributed by atoms with Crippen molar-refractivity contribution in [3.63, 3.8) is 0 Å². The summed E-state index contributed by atoms with van der Waals surface area (Å²) in [6.45, 7) is 4.55. The Bertz CT molecular complexity index is 2980. The summed E-state index contributed by atoms with van der Waals surface area (Å²) in [7, 11) is 0. The molecule has 0 unspecified atom stereocenters. The Morgan fingerprint density at radius 3 is 1.32 bits per heavy atom. The van der Waals surface area contributed by atoms with E-state index >= 15 is 0 Å². The molecule has 8 aromatic carbocycles. The maximum Gasteiger partial charge on any atom is 0.134 e. The summed E-state index contributed by atoms with van der Waals surface area (Å²) in [5, 5.41) is 0. The van der Waals surface area contributed by atoms with Gasteiger partial charge in [0.1, 0.15) is 5.75 Å². The number of ether oxygens (including phenoxy) is 1. The molecular formula is C60H46N2O. The summed E-state index contributed by atoms with van der Waals surface area (Å²) in [6.07, 6.45) is 15.0. The molecule has 0 bridgehead atoms. The lowest BCUT2D eigenvalue weighted by Crippen LogP contribution is -2.09. The van der Waals surface area contributed by atoms with Crippen molar-refractivity contribution >= 4 is 50.8 Å². The molecule has 0 atom stereocenters. The molecule has 0 saturated carbocycles. The van der Waals surface area contributed by atoms with Crippen LogP contribution in [0.2, 0.25) is 0 Å². The van der Waals surface area contributed by atoms with Crippen molar-refractivity contribution in [1.29, 1.82) is 0 Å². The lowest BCUT2D eigenvalue weighted by Gasteiger charge is -2.26. The molecule has 10 rings (SSSR count). The zero-order chi connectivity index (χ0) is 42.4. The quantitative estimate of drug-likeness (QED) is 0.137. The van der Waals surface area contributed by atoms with Gasteiger partial charge in [-0.1, -0.05) is 146 Å². The number of allylic oxidation sites excluding steroid dienone is 8. The molecule has 0 spiro atoms. The van der Waals surface area contributed by atoms with Gasteiger partial charge in [0, 0.05) is 39.7 Å². The minimum Gasteiger partial charge on any atom is -0.464 e. The number of hydrogen-bond acceptors (Lipinski definition) is 3. The van der Waals surface area contributed by atoms with Crippen molar-refractivity contribution < 1.29 is 4.74 Å². The van der Waals surface area contributed by atoms with E-state index in [4.69, 9.17) is 4.74 Å². The van der Waals surface area contributed by atoms with Crippen molar-refractivity contribution in [3.05, 3.63) is 266 Å². The molecule has 3 nitrogen and oxygen atoms in total. The summed E-state index contributed by atoms with van der Waals surface area (Å²) in [5.74, 6) is 0.775. The van der Waals surface area contributed by atoms with Gasteiger partial charge >= 0.3 is 0 Å². The van der Waals surface area contributed by atoms with Crippen LogP contribution in [0.5, 0.6) is 5.75 Å². The second kappa shape index (κ2) is 17.8. The minimum absolute atomic E-state index is 0.775. The van der Waals surface area contributed by atoms with Gasteiger partial charge in [0.15, 0.2) is 0 Å². The SMILES string of the molecule is C=C1/C=C(c2ccc(N(c3ccccc3)c3ccc(-c4ccccc4)cc3)cc2)\C=C/Oc2ccc(-c3ccc(N(c4ccccc4)c4ccc(C5=CCCC=C5)cc4)cc3)cc21. The smallest absolute Gasteiger partial charge is 0.134 e. The van der Waals surface area contributed by atoms with E-state index in [-0.39, 0.29) is 0 Å². The standard InChI is InChI=1S/C60H46N2O/c1-44-42-52(50-28-37-58(38-29-50)62(54-20-12-5-13-21-54)56-33-24-48(25-34-56)46-16-8-3-9-17-46)40-41-63-60-39-30-51(43-59(44)60)49-26-35-57(36-27-49)61(53-18-10-4-11-19-53)55-31-22-47(23-32-55)45-14-6-2-7-15-45/h3-6,8-43H,1-2,7H2/b41-40-,52-42+. The number of benzene rings is 8. The zero-order valence-corrected chi connectivity index (χ0v) is 35.0. The Kier molecular flexibility index (Phi) is 11.0. The Morgan fingerprint density at radius 2 is 0.810 bits per heavy atom. The summed E-state index contributed by atoms with van der Waals surface area (Å²) < 4.78 is 6.25. The van der Waals surface area contributed by atoms with Crippen LogP contribution in [0.3, 0.4) is 0 Å². The molecule has 0 saturated heterocycles. The van der Waals surface area contributed by atoms with Crippen molar-refractivity contribution in [2.75, 3.05) is 9.80 Å². The highest BCUT2D eigenvalue weighted by Crippen LogP contribution is 2.40. The van der Waals surface area contributed by atoms with Gasteiger partial charge in [-0.2, -0.15) is 0 Å². The molecule has 1 aliphatic carbocycles. The Labute approximate surface area is 370 Å². The number of nitrogens with zero attached hydrogens (tertiary/aromatic N) is 2. The third-order valence-corrected chi connectivity index (χ3v) is 11.7. The second-order valence-corrected chi connectivity index (χ2v) is 15.8. The van der Waals surface area contributed by atoms with Gasteiger partial charge in [-0.15, -0.1) is 0 Å². The van der Waals surface area contributed by atoms with Crippen LogP contribution in [0.15, 0.2) is 249 Å². The molecule has 0 aromatic heterocycles. The molecule has 63 heavy (non-hydrogen) atoms. The summed E-state index contributed by atoms with van der Waals surface area (Å²) in [6, 6.07) is 73.1. The monoisotopic (exact) mass is 810 g/mol. The van der Waals surface area contributed by atoms with E-state index in [1.165, 1.54) is 22.3 Å². The van der Waals surface area contributed by atoms with Crippen LogP contribution in [0.4, 0.5) is 34.1 Å². The van der Waals surface area contributed by atoms with E-state index < -0.39 is 0 Å². The number of anilines is 6. The maximum atomic E-state index is 6.25. The highest BCUT2D eigenvalue weighted by molar-refractivity contribution is 5.91. The predicted molar refractivity (Wildman–Crippen MR) is 266 cm³/mol. The molecule has 0 N–H and O–H groups in total. The lowest BCUT2D eigenvalue weighted by molar-refractivity contribution is 0.480. The Balaban J connectivity index is 0.903. The van der Waals surface area contributed by atoms with E-state index in [2.05, 4.69) is 235 Å². The summed E-state index contributed by atoms with van der Waals surface area (Å²) in [5.41, 5.74) is 17.6. The fourth-order valence-corrected chi connectivity index (χ4v) is 8.46. The largest absolute Gasteiger partial charge is 0.464 e. The molecule has 0 radical (unpaired) electrons. The average Bonchev–Trinajstić information content (AvgIpc) is 3.35. The zero-order valence-electron chi connectivity index (χ0n) is 35.0. The molecule has 1 heterocycles. The highest BCUT2D eigenvalue weighted by Gasteiger charge is 2.17. The first-order valence-electron chi connectivity index (χ1n) is 21.6. The first kappa shape index (κ1) is 39.0. The van der Waals surface area contributed by atoms with E-state index in [1.54, 1.807) is 6.26 Å². The fourth-order valence-electron chi connectivity index (χ4n) is 8.46. The topological polar surface area (TPSA) is 15.7 Å². The van der Waals surface area contributed by atoms with Gasteiger partial charge in [-0.05, 0) is 160 Å². The van der Waals surface area contributed by atoms with Crippen molar-refractivity contribution in [2.24, 2.45) is 0 Å². The Hall–Kier alpha value is -8.14. The van der Waals surface area contributed by atoms with E-state index in [0.29, 0.717) is 0 Å². The van der Waals surface area contributed by atoms with Gasteiger partial charge in [0.05, 0.1) is 6.26 Å². The van der Waals surface area contributed by atoms with Gasteiger partial charge in [0.25, 0.3) is 0 Å². The number of rotatable bonds is 10. The lowest BCUT2D eigenvalue weighted by atomic mass is 9.95. The first-order chi connectivity index (χ1) is 31.1. The molecule has 1 aliphatic heterocycles. The summed E-state index contributed by atoms with van der Waals surface area (Å²) in [4.78, 5) is 4.60. The van der Waals surface area contributed by atoms with Crippen LogP contribution in [0.1, 0.15) is 29.5 Å². The predicted octanol–water partition coefficient (Wildman–Crippen LogP) is 16.7. The molecule has 3 heteroatoms. The Morgan fingerprint density at radius 1 is 0.381 bits per heavy atom. The number of hydrogen-bond donors (Lipinski definition) is 0. The van der Waals surface area contributed by atoms with Crippen molar-refractivity contribution in [2.45, 2.75) is 12.8 Å². The van der Waals surface area contributed by atoms with Gasteiger partial charge in [-0.3, -0.25) is 0 Å². The van der Waals surface area contributed by atoms with Crippen LogP contribution in [0, 0.1) is 0 Å². The number of para-hydroxylation sites is 2. The first-order valence-corrected chi connectivity index (χ1v) is 21.6. The van der Waals surface area contributed by atoms with Crippen LogP contribution in [-0.2, 0) is 0 Å². The van der Waals surface area contributed by atoms with Crippen LogP contribution < -0.4 is 14.5 Å².